The van der Waals surface area contributed by atoms with Gasteiger partial charge in [0.05, 0.1) is 16.8 Å². The Kier molecular flexibility index (Phi) is 5.08. The second kappa shape index (κ2) is 6.81. The van der Waals surface area contributed by atoms with Gasteiger partial charge in [-0.3, -0.25) is 15.1 Å². The molecule has 0 saturated heterocycles. The fraction of sp³-hybridized carbons (Fsp3) is 0.154. The van der Waals surface area contributed by atoms with E-state index in [2.05, 4.69) is 36.8 Å². The van der Waals surface area contributed by atoms with Crippen molar-refractivity contribution >= 4 is 37.5 Å². The van der Waals surface area contributed by atoms with Crippen LogP contribution in [0.3, 0.4) is 0 Å². The molecule has 0 N–H and O–H groups in total. The summed E-state index contributed by atoms with van der Waals surface area (Å²) >= 11 is 6.63. The van der Waals surface area contributed by atoms with Crippen LogP contribution in [-0.2, 0) is 11.9 Å². The number of hydrogen-bond donors (Lipinski definition) is 0. The molecule has 0 radical (unpaired) electrons. The second-order valence-corrected chi connectivity index (χ2v) is 5.36. The number of benzene rings is 1. The van der Waals surface area contributed by atoms with E-state index in [1.54, 1.807) is 12.3 Å². The number of aromatic nitrogens is 1. The largest absolute Gasteiger partial charge is 0.487 e. The van der Waals surface area contributed by atoms with Gasteiger partial charge >= 0.3 is 0 Å². The van der Waals surface area contributed by atoms with Crippen molar-refractivity contribution in [3.63, 3.8) is 0 Å². The van der Waals surface area contributed by atoms with Crippen LogP contribution < -0.4 is 4.74 Å². The summed E-state index contributed by atoms with van der Waals surface area (Å²) in [5.41, 5.74) is 1.80. The SMILES string of the molecule is O=[N+]([O-])c1ccc(COc2ccc(CBr)nc2)c(Br)c1. The van der Waals surface area contributed by atoms with Gasteiger partial charge in [-0.25, -0.2) is 0 Å². The van der Waals surface area contributed by atoms with Gasteiger partial charge in [-0.15, -0.1) is 0 Å². The highest BCUT2D eigenvalue weighted by Gasteiger charge is 2.09. The first-order valence-electron chi connectivity index (χ1n) is 5.66. The molecule has 0 aliphatic heterocycles. The Hall–Kier alpha value is -1.47. The molecule has 0 atom stereocenters. The highest BCUT2D eigenvalue weighted by molar-refractivity contribution is 9.10. The zero-order chi connectivity index (χ0) is 14.5. The number of nitro benzene ring substituents is 1. The average molecular weight is 402 g/mol. The topological polar surface area (TPSA) is 65.3 Å². The van der Waals surface area contributed by atoms with Crippen LogP contribution in [0.1, 0.15) is 11.3 Å². The van der Waals surface area contributed by atoms with Crippen LogP contribution in [-0.4, -0.2) is 9.91 Å². The summed E-state index contributed by atoms with van der Waals surface area (Å²) in [6.07, 6.45) is 1.65. The number of rotatable bonds is 5. The van der Waals surface area contributed by atoms with Crippen molar-refractivity contribution < 1.29 is 9.66 Å². The van der Waals surface area contributed by atoms with Gasteiger partial charge in [0.15, 0.2) is 0 Å². The Morgan fingerprint density at radius 2 is 2.10 bits per heavy atom. The normalized spacial score (nSPS) is 10.3. The Labute approximate surface area is 132 Å². The van der Waals surface area contributed by atoms with E-state index >= 15 is 0 Å². The molecule has 1 aromatic heterocycles. The summed E-state index contributed by atoms with van der Waals surface area (Å²) in [5, 5.41) is 11.3. The van der Waals surface area contributed by atoms with Crippen molar-refractivity contribution in [3.8, 4) is 5.75 Å². The molecule has 2 rings (SSSR count). The maximum atomic E-state index is 10.6. The first-order chi connectivity index (χ1) is 9.60. The third-order valence-electron chi connectivity index (χ3n) is 2.58. The van der Waals surface area contributed by atoms with Gasteiger partial charge in [-0.05, 0) is 18.2 Å². The fourth-order valence-corrected chi connectivity index (χ4v) is 2.32. The van der Waals surface area contributed by atoms with Crippen LogP contribution in [0, 0.1) is 10.1 Å². The summed E-state index contributed by atoms with van der Waals surface area (Å²) < 4.78 is 6.24. The molecule has 0 unspecified atom stereocenters. The molecule has 1 heterocycles. The fourth-order valence-electron chi connectivity index (χ4n) is 1.50. The van der Waals surface area contributed by atoms with Gasteiger partial charge in [0.1, 0.15) is 12.4 Å². The van der Waals surface area contributed by atoms with Gasteiger partial charge in [-0.1, -0.05) is 31.9 Å². The summed E-state index contributed by atoms with van der Waals surface area (Å²) in [7, 11) is 0. The number of ether oxygens (including phenoxy) is 1. The van der Waals surface area contributed by atoms with Crippen molar-refractivity contribution in [2.75, 3.05) is 0 Å². The minimum atomic E-state index is -0.432. The molecule has 20 heavy (non-hydrogen) atoms. The maximum Gasteiger partial charge on any atom is 0.270 e. The molecule has 5 nitrogen and oxygen atoms in total. The van der Waals surface area contributed by atoms with E-state index in [1.165, 1.54) is 12.1 Å². The molecular weight excluding hydrogens is 392 g/mol. The molecule has 0 fully saturated rings. The highest BCUT2D eigenvalue weighted by atomic mass is 79.9. The van der Waals surface area contributed by atoms with Crippen molar-refractivity contribution in [2.24, 2.45) is 0 Å². The second-order valence-electron chi connectivity index (χ2n) is 3.94. The van der Waals surface area contributed by atoms with Gasteiger partial charge in [0.25, 0.3) is 5.69 Å². The lowest BCUT2D eigenvalue weighted by atomic mass is 10.2. The van der Waals surface area contributed by atoms with Crippen molar-refractivity contribution in [3.05, 3.63) is 62.4 Å². The van der Waals surface area contributed by atoms with E-state index in [0.717, 1.165) is 11.3 Å². The quantitative estimate of drug-likeness (QED) is 0.427. The van der Waals surface area contributed by atoms with Gasteiger partial charge in [0, 0.05) is 27.5 Å². The first-order valence-corrected chi connectivity index (χ1v) is 7.58. The summed E-state index contributed by atoms with van der Waals surface area (Å²) in [6.45, 7) is 0.313. The van der Waals surface area contributed by atoms with Crippen molar-refractivity contribution in [1.29, 1.82) is 0 Å². The molecule has 1 aromatic carbocycles. The molecular formula is C13H10Br2N2O3. The predicted molar refractivity (Wildman–Crippen MR) is 82.0 cm³/mol. The number of hydrogen-bond acceptors (Lipinski definition) is 4. The lowest BCUT2D eigenvalue weighted by molar-refractivity contribution is -0.384. The number of halogens is 2. The Bertz CT molecular complexity index is 618. The van der Waals surface area contributed by atoms with E-state index in [4.69, 9.17) is 4.74 Å². The minimum Gasteiger partial charge on any atom is -0.487 e. The highest BCUT2D eigenvalue weighted by Crippen LogP contribution is 2.24. The lowest BCUT2D eigenvalue weighted by Gasteiger charge is -2.08. The Balaban J connectivity index is 2.04. The Morgan fingerprint density at radius 1 is 1.30 bits per heavy atom. The van der Waals surface area contributed by atoms with Crippen LogP contribution in [0.5, 0.6) is 5.75 Å². The van der Waals surface area contributed by atoms with Crippen molar-refractivity contribution in [1.82, 2.24) is 4.98 Å². The first kappa shape index (κ1) is 14.9. The predicted octanol–water partition coefficient (Wildman–Crippen LogP) is 4.23. The number of pyridine rings is 1. The standard InChI is InChI=1S/C13H10Br2N2O3/c14-6-10-2-4-12(7-16-10)20-8-9-1-3-11(17(18)19)5-13(9)15/h1-5,7H,6,8H2. The smallest absolute Gasteiger partial charge is 0.270 e. The molecule has 0 aliphatic carbocycles. The molecule has 104 valence electrons. The zero-order valence-corrected chi connectivity index (χ0v) is 13.4. The van der Waals surface area contributed by atoms with Crippen LogP contribution in [0.2, 0.25) is 0 Å². The van der Waals surface area contributed by atoms with E-state index in [1.807, 2.05) is 12.1 Å². The maximum absolute atomic E-state index is 10.6. The number of non-ortho nitro benzene ring substituents is 1. The number of alkyl halides is 1. The minimum absolute atomic E-state index is 0.0453. The lowest BCUT2D eigenvalue weighted by Crippen LogP contribution is -1.98. The van der Waals surface area contributed by atoms with Crippen LogP contribution in [0.15, 0.2) is 41.0 Å². The van der Waals surface area contributed by atoms with E-state index < -0.39 is 4.92 Å². The summed E-state index contributed by atoms with van der Waals surface area (Å²) in [6, 6.07) is 8.29. The van der Waals surface area contributed by atoms with Gasteiger partial charge in [-0.2, -0.15) is 0 Å². The van der Waals surface area contributed by atoms with Crippen LogP contribution in [0.25, 0.3) is 0 Å². The molecule has 7 heteroatoms. The average Bonchev–Trinajstić information content (AvgIpc) is 2.46. The Morgan fingerprint density at radius 3 is 2.65 bits per heavy atom. The van der Waals surface area contributed by atoms with Crippen LogP contribution in [0.4, 0.5) is 5.69 Å². The molecule has 0 spiro atoms. The zero-order valence-electron chi connectivity index (χ0n) is 10.3. The third-order valence-corrected chi connectivity index (χ3v) is 3.89. The monoisotopic (exact) mass is 400 g/mol. The molecule has 0 bridgehead atoms. The molecule has 0 amide bonds. The van der Waals surface area contributed by atoms with E-state index in [0.29, 0.717) is 22.2 Å². The summed E-state index contributed by atoms with van der Waals surface area (Å²) in [5.74, 6) is 0.653. The van der Waals surface area contributed by atoms with Gasteiger partial charge in [0.2, 0.25) is 0 Å². The third kappa shape index (κ3) is 3.77. The van der Waals surface area contributed by atoms with Crippen molar-refractivity contribution in [2.45, 2.75) is 11.9 Å². The molecule has 2 aromatic rings. The number of nitro groups is 1. The van der Waals surface area contributed by atoms with Gasteiger partial charge < -0.3 is 4.74 Å². The summed E-state index contributed by atoms with van der Waals surface area (Å²) in [4.78, 5) is 14.4. The molecule has 0 aliphatic rings. The van der Waals surface area contributed by atoms with Crippen LogP contribution >= 0.6 is 31.9 Å². The van der Waals surface area contributed by atoms with E-state index in [-0.39, 0.29) is 5.69 Å². The van der Waals surface area contributed by atoms with E-state index in [9.17, 15) is 10.1 Å². The number of nitrogens with zero attached hydrogens (tertiary/aromatic N) is 2. The molecule has 0 saturated carbocycles.